The summed E-state index contributed by atoms with van der Waals surface area (Å²) >= 11 is 0. The summed E-state index contributed by atoms with van der Waals surface area (Å²) < 4.78 is 16.3. The number of fused-ring (bicyclic) bond motifs is 1. The Hall–Kier alpha value is -2.95. The van der Waals surface area contributed by atoms with Crippen LogP contribution in [0.4, 0.5) is 5.69 Å². The molecule has 0 radical (unpaired) electrons. The average molecular weight is 325 g/mol. The molecule has 2 aromatic rings. The Morgan fingerprint density at radius 1 is 1.12 bits per heavy atom. The van der Waals surface area contributed by atoms with Crippen LogP contribution in [0.25, 0.3) is 6.08 Å². The van der Waals surface area contributed by atoms with E-state index in [-0.39, 0.29) is 5.91 Å². The minimum Gasteiger partial charge on any atom is -0.495 e. The van der Waals surface area contributed by atoms with Gasteiger partial charge in [-0.3, -0.25) is 4.79 Å². The molecule has 5 heteroatoms. The lowest BCUT2D eigenvalue weighted by Crippen LogP contribution is -2.15. The molecular formula is C19H19NO4. The zero-order valence-electron chi connectivity index (χ0n) is 13.7. The van der Waals surface area contributed by atoms with Crippen LogP contribution in [-0.2, 0) is 4.79 Å². The molecule has 0 aliphatic carbocycles. The van der Waals surface area contributed by atoms with Gasteiger partial charge in [0.25, 0.3) is 0 Å². The van der Waals surface area contributed by atoms with E-state index in [4.69, 9.17) is 14.2 Å². The Balaban J connectivity index is 1.71. The number of benzene rings is 2. The number of hydrogen-bond donors (Lipinski definition) is 1. The van der Waals surface area contributed by atoms with Gasteiger partial charge >= 0.3 is 0 Å². The van der Waals surface area contributed by atoms with E-state index in [0.717, 1.165) is 16.9 Å². The van der Waals surface area contributed by atoms with Crippen LogP contribution in [0.15, 0.2) is 42.5 Å². The first kappa shape index (κ1) is 15.9. The molecule has 24 heavy (non-hydrogen) atoms. The van der Waals surface area contributed by atoms with Crippen molar-refractivity contribution in [3.05, 3.63) is 53.6 Å². The summed E-state index contributed by atoms with van der Waals surface area (Å²) in [6.07, 6.45) is 3.21. The molecule has 0 spiro atoms. The van der Waals surface area contributed by atoms with E-state index < -0.39 is 0 Å². The van der Waals surface area contributed by atoms with E-state index in [1.165, 1.54) is 6.08 Å². The molecule has 1 aliphatic heterocycles. The third-order valence-corrected chi connectivity index (χ3v) is 3.61. The summed E-state index contributed by atoms with van der Waals surface area (Å²) in [7, 11) is 1.57. The summed E-state index contributed by atoms with van der Waals surface area (Å²) in [4.78, 5) is 12.1. The monoisotopic (exact) mass is 325 g/mol. The zero-order valence-corrected chi connectivity index (χ0v) is 13.7. The van der Waals surface area contributed by atoms with Crippen LogP contribution in [0.5, 0.6) is 17.2 Å². The van der Waals surface area contributed by atoms with Gasteiger partial charge in [0.1, 0.15) is 19.0 Å². The van der Waals surface area contributed by atoms with E-state index in [1.807, 2.05) is 43.3 Å². The molecule has 0 fully saturated rings. The van der Waals surface area contributed by atoms with Gasteiger partial charge in [0.05, 0.1) is 12.8 Å². The molecular weight excluding hydrogens is 306 g/mol. The lowest BCUT2D eigenvalue weighted by molar-refractivity contribution is -0.111. The highest BCUT2D eigenvalue weighted by Gasteiger charge is 2.11. The molecule has 1 aliphatic rings. The largest absolute Gasteiger partial charge is 0.495 e. The van der Waals surface area contributed by atoms with Gasteiger partial charge in [-0.25, -0.2) is 0 Å². The fourth-order valence-electron chi connectivity index (χ4n) is 2.43. The summed E-state index contributed by atoms with van der Waals surface area (Å²) in [5, 5.41) is 2.83. The van der Waals surface area contributed by atoms with E-state index in [9.17, 15) is 4.79 Å². The molecule has 3 rings (SSSR count). The first-order chi connectivity index (χ1) is 11.7. The van der Waals surface area contributed by atoms with Crippen molar-refractivity contribution in [1.29, 1.82) is 0 Å². The molecule has 124 valence electrons. The van der Waals surface area contributed by atoms with Gasteiger partial charge in [-0.1, -0.05) is 12.1 Å². The normalized spacial score (nSPS) is 12.9. The van der Waals surface area contributed by atoms with E-state index in [1.54, 1.807) is 13.2 Å². The number of ether oxygens (including phenoxy) is 3. The maximum absolute atomic E-state index is 12.1. The van der Waals surface area contributed by atoms with Gasteiger partial charge in [0.2, 0.25) is 5.91 Å². The Morgan fingerprint density at radius 2 is 1.92 bits per heavy atom. The number of carbonyl (C=O) groups excluding carboxylic acids is 1. The molecule has 0 saturated heterocycles. The fourth-order valence-corrected chi connectivity index (χ4v) is 2.43. The molecule has 1 amide bonds. The van der Waals surface area contributed by atoms with Crippen LogP contribution in [0, 0.1) is 6.92 Å². The third-order valence-electron chi connectivity index (χ3n) is 3.61. The predicted octanol–water partition coefficient (Wildman–Crippen LogP) is 3.43. The molecule has 5 nitrogen and oxygen atoms in total. The Kier molecular flexibility index (Phi) is 4.70. The molecule has 2 aromatic carbocycles. The molecule has 1 heterocycles. The maximum atomic E-state index is 12.1. The van der Waals surface area contributed by atoms with Gasteiger partial charge in [0.15, 0.2) is 11.5 Å². The van der Waals surface area contributed by atoms with Crippen LogP contribution < -0.4 is 19.5 Å². The van der Waals surface area contributed by atoms with Crippen molar-refractivity contribution in [3.8, 4) is 17.2 Å². The highest BCUT2D eigenvalue weighted by atomic mass is 16.6. The van der Waals surface area contributed by atoms with Crippen molar-refractivity contribution in [2.24, 2.45) is 0 Å². The number of nitrogens with one attached hydrogen (secondary N) is 1. The number of hydrogen-bond acceptors (Lipinski definition) is 4. The van der Waals surface area contributed by atoms with Crippen LogP contribution in [-0.4, -0.2) is 26.2 Å². The number of anilines is 1. The Bertz CT molecular complexity index is 783. The minimum absolute atomic E-state index is 0.228. The van der Waals surface area contributed by atoms with Crippen molar-refractivity contribution in [2.75, 3.05) is 25.6 Å². The van der Waals surface area contributed by atoms with E-state index in [0.29, 0.717) is 30.4 Å². The van der Waals surface area contributed by atoms with Crippen molar-refractivity contribution in [1.82, 2.24) is 0 Å². The summed E-state index contributed by atoms with van der Waals surface area (Å²) in [5.74, 6) is 1.83. The van der Waals surface area contributed by atoms with Crippen molar-refractivity contribution in [3.63, 3.8) is 0 Å². The standard InChI is InChI=1S/C19H19NO4/c1-13-3-6-16(22-2)15(11-13)20-19(21)8-5-14-4-7-17-18(12-14)24-10-9-23-17/h3-8,11-12H,9-10H2,1-2H3,(H,20,21). The van der Waals surface area contributed by atoms with Crippen molar-refractivity contribution in [2.45, 2.75) is 6.92 Å². The topological polar surface area (TPSA) is 56.8 Å². The van der Waals surface area contributed by atoms with Gasteiger partial charge < -0.3 is 19.5 Å². The first-order valence-electron chi connectivity index (χ1n) is 7.69. The van der Waals surface area contributed by atoms with Gasteiger partial charge in [-0.05, 0) is 48.4 Å². The van der Waals surface area contributed by atoms with Gasteiger partial charge in [-0.15, -0.1) is 0 Å². The molecule has 0 unspecified atom stereocenters. The number of aryl methyl sites for hydroxylation is 1. The van der Waals surface area contributed by atoms with Crippen molar-refractivity contribution >= 4 is 17.7 Å². The summed E-state index contributed by atoms with van der Waals surface area (Å²) in [5.41, 5.74) is 2.56. The zero-order chi connectivity index (χ0) is 16.9. The van der Waals surface area contributed by atoms with Gasteiger partial charge in [0, 0.05) is 6.08 Å². The summed E-state index contributed by atoms with van der Waals surface area (Å²) in [6.45, 7) is 3.05. The first-order valence-corrected chi connectivity index (χ1v) is 7.69. The lowest BCUT2D eigenvalue weighted by Gasteiger charge is -2.18. The fraction of sp³-hybridized carbons (Fsp3) is 0.211. The van der Waals surface area contributed by atoms with Crippen LogP contribution in [0.2, 0.25) is 0 Å². The predicted molar refractivity (Wildman–Crippen MR) is 92.8 cm³/mol. The second-order valence-corrected chi connectivity index (χ2v) is 5.43. The number of methoxy groups -OCH3 is 1. The number of rotatable bonds is 4. The average Bonchev–Trinajstić information content (AvgIpc) is 2.60. The van der Waals surface area contributed by atoms with Crippen LogP contribution in [0.1, 0.15) is 11.1 Å². The van der Waals surface area contributed by atoms with Crippen LogP contribution >= 0.6 is 0 Å². The SMILES string of the molecule is COc1ccc(C)cc1NC(=O)C=Cc1ccc2c(c1)OCCO2. The van der Waals surface area contributed by atoms with E-state index in [2.05, 4.69) is 5.32 Å². The Morgan fingerprint density at radius 3 is 2.71 bits per heavy atom. The maximum Gasteiger partial charge on any atom is 0.248 e. The molecule has 0 saturated carbocycles. The Labute approximate surface area is 140 Å². The summed E-state index contributed by atoms with van der Waals surface area (Å²) in [6, 6.07) is 11.2. The number of carbonyl (C=O) groups is 1. The second kappa shape index (κ2) is 7.08. The lowest BCUT2D eigenvalue weighted by atomic mass is 10.1. The van der Waals surface area contributed by atoms with Crippen molar-refractivity contribution < 1.29 is 19.0 Å². The number of amides is 1. The molecule has 0 aromatic heterocycles. The molecule has 0 bridgehead atoms. The second-order valence-electron chi connectivity index (χ2n) is 5.43. The minimum atomic E-state index is -0.228. The highest BCUT2D eigenvalue weighted by molar-refractivity contribution is 6.02. The highest BCUT2D eigenvalue weighted by Crippen LogP contribution is 2.31. The van der Waals surface area contributed by atoms with E-state index >= 15 is 0 Å². The third kappa shape index (κ3) is 3.68. The van der Waals surface area contributed by atoms with Gasteiger partial charge in [-0.2, -0.15) is 0 Å². The quantitative estimate of drug-likeness (QED) is 0.875. The molecule has 1 N–H and O–H groups in total. The smallest absolute Gasteiger partial charge is 0.248 e. The van der Waals surface area contributed by atoms with Crippen LogP contribution in [0.3, 0.4) is 0 Å². The molecule has 0 atom stereocenters.